The Morgan fingerprint density at radius 2 is 2.11 bits per heavy atom. The molecule has 1 heterocycles. The molecule has 0 aliphatic heterocycles. The standard InChI is InChI=1S/C12H21N5O/c1-5-18-12-15-10(13-3)14-11(16-12)17(4)8(2)9-6-7-9/h8-9H,5-7H2,1-4H3,(H,13,14,15,16). The Morgan fingerprint density at radius 1 is 1.39 bits per heavy atom. The van der Waals surface area contributed by atoms with Gasteiger partial charge >= 0.3 is 6.01 Å². The van der Waals surface area contributed by atoms with E-state index in [9.17, 15) is 0 Å². The molecule has 1 atom stereocenters. The summed E-state index contributed by atoms with van der Waals surface area (Å²) in [5, 5.41) is 2.94. The SMILES string of the molecule is CCOc1nc(NC)nc(N(C)C(C)C2CC2)n1. The Kier molecular flexibility index (Phi) is 3.84. The van der Waals surface area contributed by atoms with Crippen LogP contribution < -0.4 is 15.0 Å². The van der Waals surface area contributed by atoms with E-state index < -0.39 is 0 Å². The van der Waals surface area contributed by atoms with E-state index in [1.165, 1.54) is 12.8 Å². The van der Waals surface area contributed by atoms with Crippen LogP contribution in [0.15, 0.2) is 0 Å². The molecular weight excluding hydrogens is 230 g/mol. The highest BCUT2D eigenvalue weighted by molar-refractivity contribution is 5.38. The van der Waals surface area contributed by atoms with Gasteiger partial charge in [-0.15, -0.1) is 0 Å². The lowest BCUT2D eigenvalue weighted by Gasteiger charge is -2.25. The summed E-state index contributed by atoms with van der Waals surface area (Å²) in [6.07, 6.45) is 2.60. The first kappa shape index (κ1) is 12.9. The van der Waals surface area contributed by atoms with Crippen LogP contribution in [0.4, 0.5) is 11.9 Å². The average molecular weight is 251 g/mol. The highest BCUT2D eigenvalue weighted by Crippen LogP contribution is 2.35. The fourth-order valence-electron chi connectivity index (χ4n) is 1.89. The van der Waals surface area contributed by atoms with Crippen molar-refractivity contribution in [1.29, 1.82) is 0 Å². The van der Waals surface area contributed by atoms with Crippen molar-refractivity contribution in [3.05, 3.63) is 0 Å². The van der Waals surface area contributed by atoms with E-state index in [2.05, 4.69) is 32.1 Å². The fourth-order valence-corrected chi connectivity index (χ4v) is 1.89. The number of anilines is 2. The van der Waals surface area contributed by atoms with Crippen molar-refractivity contribution in [1.82, 2.24) is 15.0 Å². The van der Waals surface area contributed by atoms with Crippen LogP contribution in [-0.2, 0) is 0 Å². The van der Waals surface area contributed by atoms with Crippen molar-refractivity contribution in [3.8, 4) is 6.01 Å². The third kappa shape index (κ3) is 2.80. The van der Waals surface area contributed by atoms with Gasteiger partial charge < -0.3 is 15.0 Å². The molecule has 1 fully saturated rings. The van der Waals surface area contributed by atoms with Crippen molar-refractivity contribution in [2.75, 3.05) is 30.9 Å². The highest BCUT2D eigenvalue weighted by atomic mass is 16.5. The fraction of sp³-hybridized carbons (Fsp3) is 0.750. The maximum atomic E-state index is 5.37. The van der Waals surface area contributed by atoms with Crippen LogP contribution in [0.5, 0.6) is 6.01 Å². The first-order valence-electron chi connectivity index (χ1n) is 6.45. The van der Waals surface area contributed by atoms with Crippen LogP contribution >= 0.6 is 0 Å². The van der Waals surface area contributed by atoms with Crippen LogP contribution in [0.3, 0.4) is 0 Å². The lowest BCUT2D eigenvalue weighted by molar-refractivity contribution is 0.312. The molecule has 1 aliphatic carbocycles. The summed E-state index contributed by atoms with van der Waals surface area (Å²) >= 11 is 0. The molecule has 2 rings (SSSR count). The van der Waals surface area contributed by atoms with Gasteiger partial charge in [0.25, 0.3) is 0 Å². The first-order chi connectivity index (χ1) is 8.65. The van der Waals surface area contributed by atoms with E-state index in [0.717, 1.165) is 5.92 Å². The second-order valence-corrected chi connectivity index (χ2v) is 4.61. The Hall–Kier alpha value is -1.59. The number of hydrogen-bond acceptors (Lipinski definition) is 6. The molecule has 1 aromatic rings. The number of rotatable bonds is 6. The normalized spacial score (nSPS) is 16.2. The Bertz CT molecular complexity index is 407. The van der Waals surface area contributed by atoms with Gasteiger partial charge in [0.05, 0.1) is 6.61 Å². The molecule has 1 saturated carbocycles. The van der Waals surface area contributed by atoms with Gasteiger partial charge in [0.15, 0.2) is 0 Å². The summed E-state index contributed by atoms with van der Waals surface area (Å²) in [5.41, 5.74) is 0. The van der Waals surface area contributed by atoms with E-state index >= 15 is 0 Å². The average Bonchev–Trinajstić information content (AvgIpc) is 3.21. The van der Waals surface area contributed by atoms with Gasteiger partial charge in [-0.25, -0.2) is 0 Å². The molecular formula is C12H21N5O. The van der Waals surface area contributed by atoms with Crippen molar-refractivity contribution < 1.29 is 4.74 Å². The molecule has 0 radical (unpaired) electrons. The predicted molar refractivity (Wildman–Crippen MR) is 71.1 cm³/mol. The Balaban J connectivity index is 2.21. The first-order valence-corrected chi connectivity index (χ1v) is 6.45. The van der Waals surface area contributed by atoms with Gasteiger partial charge in [0.2, 0.25) is 11.9 Å². The molecule has 1 N–H and O–H groups in total. The van der Waals surface area contributed by atoms with Crippen molar-refractivity contribution in [2.24, 2.45) is 5.92 Å². The molecule has 0 aromatic carbocycles. The van der Waals surface area contributed by atoms with E-state index in [0.29, 0.717) is 30.6 Å². The lowest BCUT2D eigenvalue weighted by atomic mass is 10.2. The summed E-state index contributed by atoms with van der Waals surface area (Å²) < 4.78 is 5.37. The van der Waals surface area contributed by atoms with Crippen LogP contribution in [0.1, 0.15) is 26.7 Å². The quantitative estimate of drug-likeness (QED) is 0.827. The number of nitrogens with one attached hydrogen (secondary N) is 1. The number of nitrogens with zero attached hydrogens (tertiary/aromatic N) is 4. The molecule has 100 valence electrons. The second kappa shape index (κ2) is 5.37. The minimum absolute atomic E-state index is 0.377. The minimum atomic E-state index is 0.377. The van der Waals surface area contributed by atoms with Gasteiger partial charge in [-0.05, 0) is 32.6 Å². The maximum Gasteiger partial charge on any atom is 0.323 e. The molecule has 18 heavy (non-hydrogen) atoms. The zero-order valence-electron chi connectivity index (χ0n) is 11.5. The highest BCUT2D eigenvalue weighted by Gasteiger charge is 2.31. The van der Waals surface area contributed by atoms with Gasteiger partial charge in [0, 0.05) is 20.1 Å². The lowest BCUT2D eigenvalue weighted by Crippen LogP contribution is -2.32. The molecule has 0 spiro atoms. The zero-order valence-corrected chi connectivity index (χ0v) is 11.5. The van der Waals surface area contributed by atoms with Crippen LogP contribution in [0.25, 0.3) is 0 Å². The van der Waals surface area contributed by atoms with Crippen molar-refractivity contribution >= 4 is 11.9 Å². The third-order valence-electron chi connectivity index (χ3n) is 3.33. The Morgan fingerprint density at radius 3 is 2.67 bits per heavy atom. The zero-order chi connectivity index (χ0) is 13.1. The molecule has 1 aromatic heterocycles. The van der Waals surface area contributed by atoms with Gasteiger partial charge in [-0.3, -0.25) is 0 Å². The van der Waals surface area contributed by atoms with E-state index in [4.69, 9.17) is 4.74 Å². The van der Waals surface area contributed by atoms with Crippen LogP contribution in [0, 0.1) is 5.92 Å². The van der Waals surface area contributed by atoms with Crippen LogP contribution in [-0.4, -0.2) is 41.7 Å². The third-order valence-corrected chi connectivity index (χ3v) is 3.33. The number of aromatic nitrogens is 3. The Labute approximate surface area is 108 Å². The monoisotopic (exact) mass is 251 g/mol. The van der Waals surface area contributed by atoms with Crippen LogP contribution in [0.2, 0.25) is 0 Å². The summed E-state index contributed by atoms with van der Waals surface area (Å²) in [7, 11) is 3.81. The van der Waals surface area contributed by atoms with E-state index in [1.54, 1.807) is 7.05 Å². The van der Waals surface area contributed by atoms with Gasteiger partial charge in [-0.1, -0.05) is 0 Å². The topological polar surface area (TPSA) is 63.2 Å². The number of hydrogen-bond donors (Lipinski definition) is 1. The largest absolute Gasteiger partial charge is 0.464 e. The van der Waals surface area contributed by atoms with E-state index in [-0.39, 0.29) is 0 Å². The molecule has 0 saturated heterocycles. The maximum absolute atomic E-state index is 5.37. The van der Waals surface area contributed by atoms with Gasteiger partial charge in [0.1, 0.15) is 0 Å². The summed E-state index contributed by atoms with van der Waals surface area (Å²) in [5.74, 6) is 1.97. The van der Waals surface area contributed by atoms with E-state index in [1.807, 2.05) is 14.0 Å². The summed E-state index contributed by atoms with van der Waals surface area (Å²) in [6.45, 7) is 4.68. The van der Waals surface area contributed by atoms with Crippen molar-refractivity contribution in [2.45, 2.75) is 32.7 Å². The molecule has 1 unspecified atom stereocenters. The molecule has 0 bridgehead atoms. The molecule has 6 heteroatoms. The summed E-state index contributed by atoms with van der Waals surface area (Å²) in [6, 6.07) is 0.827. The number of ether oxygens (including phenoxy) is 1. The van der Waals surface area contributed by atoms with Gasteiger partial charge in [-0.2, -0.15) is 15.0 Å². The molecule has 1 aliphatic rings. The molecule has 0 amide bonds. The summed E-state index contributed by atoms with van der Waals surface area (Å²) in [4.78, 5) is 15.0. The second-order valence-electron chi connectivity index (χ2n) is 4.61. The molecule has 6 nitrogen and oxygen atoms in total. The predicted octanol–water partition coefficient (Wildman–Crippen LogP) is 1.55. The smallest absolute Gasteiger partial charge is 0.323 e. The minimum Gasteiger partial charge on any atom is -0.464 e. The van der Waals surface area contributed by atoms with Crippen molar-refractivity contribution in [3.63, 3.8) is 0 Å².